The Kier molecular flexibility index (Phi) is 2.99. The molecule has 0 saturated carbocycles. The molecule has 1 amide bonds. The van der Waals surface area contributed by atoms with E-state index in [4.69, 9.17) is 0 Å². The highest BCUT2D eigenvalue weighted by molar-refractivity contribution is 6.02. The Morgan fingerprint density at radius 1 is 1.40 bits per heavy atom. The molecule has 0 fully saturated rings. The Labute approximate surface area is 58.8 Å². The van der Waals surface area contributed by atoms with Crippen LogP contribution in [0.1, 0.15) is 6.92 Å². The van der Waals surface area contributed by atoms with Gasteiger partial charge in [0.25, 0.3) is 5.91 Å². The highest BCUT2D eigenvalue weighted by Crippen LogP contribution is 1.95. The van der Waals surface area contributed by atoms with Crippen LogP contribution in [0.3, 0.4) is 0 Å². The minimum absolute atomic E-state index is 0.751. The van der Waals surface area contributed by atoms with Crippen molar-refractivity contribution in [1.29, 1.82) is 0 Å². The third-order valence-electron chi connectivity index (χ3n) is 1.01. The largest absolute Gasteiger partial charge is 0.346 e. The minimum Gasteiger partial charge on any atom is -0.346 e. The number of hydrogen-bond donors (Lipinski definition) is 0. The van der Waals surface area contributed by atoms with Gasteiger partial charge < -0.3 is 4.90 Å². The van der Waals surface area contributed by atoms with Crippen molar-refractivity contribution in [3.8, 4) is 0 Å². The lowest BCUT2D eigenvalue weighted by molar-refractivity contribution is -0.139. The first kappa shape index (κ1) is 9.07. The number of rotatable bonds is 2. The maximum atomic E-state index is 12.4. The molecule has 0 aliphatic carbocycles. The van der Waals surface area contributed by atoms with Crippen LogP contribution in [0.25, 0.3) is 0 Å². The van der Waals surface area contributed by atoms with Crippen LogP contribution in [-0.2, 0) is 9.59 Å². The average Bonchev–Trinajstić information content (AvgIpc) is 1.84. The first-order valence-corrected chi connectivity index (χ1v) is 2.82. The van der Waals surface area contributed by atoms with Crippen molar-refractivity contribution in [1.82, 2.24) is 4.90 Å². The maximum absolute atomic E-state index is 12.4. The van der Waals surface area contributed by atoms with Gasteiger partial charge in [0.15, 0.2) is 5.78 Å². The van der Waals surface area contributed by atoms with Crippen molar-refractivity contribution in [2.45, 2.75) is 13.1 Å². The van der Waals surface area contributed by atoms with Crippen LogP contribution in [0, 0.1) is 0 Å². The van der Waals surface area contributed by atoms with Gasteiger partial charge in [0, 0.05) is 14.1 Å². The van der Waals surface area contributed by atoms with Crippen molar-refractivity contribution in [3.63, 3.8) is 0 Å². The smallest absolute Gasteiger partial charge is 0.264 e. The molecule has 58 valence electrons. The normalized spacial score (nSPS) is 12.4. The number of ketones is 1. The monoisotopic (exact) mass is 147 g/mol. The number of halogens is 1. The summed E-state index contributed by atoms with van der Waals surface area (Å²) in [5, 5.41) is 0. The van der Waals surface area contributed by atoms with Crippen LogP contribution in [-0.4, -0.2) is 36.9 Å². The van der Waals surface area contributed by atoms with Crippen molar-refractivity contribution >= 4 is 11.7 Å². The SMILES string of the molecule is CC(=O)C(F)C(=O)N(C)C. The number of carbonyl (C=O) groups excluding carboxylic acids is 2. The molecule has 0 saturated heterocycles. The molecule has 1 unspecified atom stereocenters. The molecule has 4 heteroatoms. The number of Topliss-reactive ketones (excluding diaryl/α,β-unsaturated/α-hetero) is 1. The van der Waals surface area contributed by atoms with E-state index in [0.717, 1.165) is 11.8 Å². The average molecular weight is 147 g/mol. The standard InChI is InChI=1S/C6H10FNO2/c1-4(9)5(7)6(10)8(2)3/h5H,1-3H3. The summed E-state index contributed by atoms with van der Waals surface area (Å²) in [6, 6.07) is 0. The Morgan fingerprint density at radius 2 is 1.80 bits per heavy atom. The highest BCUT2D eigenvalue weighted by Gasteiger charge is 2.23. The summed E-state index contributed by atoms with van der Waals surface area (Å²) < 4.78 is 12.4. The van der Waals surface area contributed by atoms with E-state index in [9.17, 15) is 14.0 Å². The molecule has 0 radical (unpaired) electrons. The third-order valence-corrected chi connectivity index (χ3v) is 1.01. The molecule has 0 aromatic heterocycles. The Hall–Kier alpha value is -0.930. The number of hydrogen-bond acceptors (Lipinski definition) is 2. The van der Waals surface area contributed by atoms with E-state index in [1.165, 1.54) is 14.1 Å². The lowest BCUT2D eigenvalue weighted by atomic mass is 10.2. The fourth-order valence-electron chi connectivity index (χ4n) is 0.401. The molecule has 0 aromatic carbocycles. The second kappa shape index (κ2) is 3.29. The van der Waals surface area contributed by atoms with Gasteiger partial charge in [0.05, 0.1) is 0 Å². The summed E-state index contributed by atoms with van der Waals surface area (Å²) >= 11 is 0. The van der Waals surface area contributed by atoms with Crippen LogP contribution in [0.2, 0.25) is 0 Å². The second-order valence-corrected chi connectivity index (χ2v) is 2.21. The van der Waals surface area contributed by atoms with E-state index in [0.29, 0.717) is 0 Å². The molecule has 0 rings (SSSR count). The second-order valence-electron chi connectivity index (χ2n) is 2.21. The number of amides is 1. The van der Waals surface area contributed by atoms with Crippen molar-refractivity contribution in [3.05, 3.63) is 0 Å². The van der Waals surface area contributed by atoms with Crippen molar-refractivity contribution in [2.24, 2.45) is 0 Å². The Morgan fingerprint density at radius 3 is 1.90 bits per heavy atom. The van der Waals surface area contributed by atoms with Gasteiger partial charge in [-0.2, -0.15) is 0 Å². The molecule has 0 bridgehead atoms. The number of alkyl halides is 1. The summed E-state index contributed by atoms with van der Waals surface area (Å²) in [6.45, 7) is 1.05. The topological polar surface area (TPSA) is 37.4 Å². The van der Waals surface area contributed by atoms with Gasteiger partial charge in [-0.05, 0) is 6.92 Å². The molecule has 0 aliphatic rings. The molecular weight excluding hydrogens is 137 g/mol. The zero-order valence-electron chi connectivity index (χ0n) is 6.22. The van der Waals surface area contributed by atoms with Crippen LogP contribution in [0.4, 0.5) is 4.39 Å². The van der Waals surface area contributed by atoms with Gasteiger partial charge in [0.2, 0.25) is 6.17 Å². The molecule has 0 heterocycles. The van der Waals surface area contributed by atoms with Gasteiger partial charge in [-0.1, -0.05) is 0 Å². The molecule has 3 nitrogen and oxygen atoms in total. The lowest BCUT2D eigenvalue weighted by Crippen LogP contribution is -2.34. The van der Waals surface area contributed by atoms with Gasteiger partial charge >= 0.3 is 0 Å². The van der Waals surface area contributed by atoms with Crippen LogP contribution >= 0.6 is 0 Å². The zero-order valence-corrected chi connectivity index (χ0v) is 6.22. The lowest BCUT2D eigenvalue weighted by Gasteiger charge is -2.10. The van der Waals surface area contributed by atoms with E-state index in [1.54, 1.807) is 0 Å². The quantitative estimate of drug-likeness (QED) is 0.515. The predicted octanol–water partition coefficient (Wildman–Crippen LogP) is 0.00170. The fraction of sp³-hybridized carbons (Fsp3) is 0.667. The number of nitrogens with zero attached hydrogens (tertiary/aromatic N) is 1. The zero-order chi connectivity index (χ0) is 8.31. The Bertz CT molecular complexity index is 156. The first-order valence-electron chi connectivity index (χ1n) is 2.82. The highest BCUT2D eigenvalue weighted by atomic mass is 19.1. The van der Waals surface area contributed by atoms with Gasteiger partial charge in [-0.15, -0.1) is 0 Å². The van der Waals surface area contributed by atoms with Crippen molar-refractivity contribution < 1.29 is 14.0 Å². The fourth-order valence-corrected chi connectivity index (χ4v) is 0.401. The first-order chi connectivity index (χ1) is 4.46. The van der Waals surface area contributed by atoms with E-state index in [-0.39, 0.29) is 0 Å². The molecule has 0 aliphatic heterocycles. The van der Waals surface area contributed by atoms with Crippen LogP contribution in [0.15, 0.2) is 0 Å². The summed E-state index contributed by atoms with van der Waals surface area (Å²) in [4.78, 5) is 21.9. The molecule has 10 heavy (non-hydrogen) atoms. The van der Waals surface area contributed by atoms with E-state index < -0.39 is 17.9 Å². The molecule has 0 N–H and O–H groups in total. The predicted molar refractivity (Wildman–Crippen MR) is 34.3 cm³/mol. The van der Waals surface area contributed by atoms with Crippen molar-refractivity contribution in [2.75, 3.05) is 14.1 Å². The maximum Gasteiger partial charge on any atom is 0.264 e. The van der Waals surface area contributed by atoms with Gasteiger partial charge in [-0.3, -0.25) is 9.59 Å². The number of carbonyl (C=O) groups is 2. The summed E-state index contributed by atoms with van der Waals surface area (Å²) in [5.41, 5.74) is 0. The van der Waals surface area contributed by atoms with Gasteiger partial charge in [0.1, 0.15) is 0 Å². The van der Waals surface area contributed by atoms with E-state index in [2.05, 4.69) is 0 Å². The molecule has 0 aromatic rings. The summed E-state index contributed by atoms with van der Waals surface area (Å²) in [7, 11) is 2.80. The Balaban J connectivity index is 4.08. The summed E-state index contributed by atoms with van der Waals surface area (Å²) in [6.07, 6.45) is -1.99. The molecular formula is C6H10FNO2. The third kappa shape index (κ3) is 2.13. The minimum atomic E-state index is -1.99. The summed E-state index contributed by atoms with van der Waals surface area (Å²) in [5.74, 6) is -1.55. The van der Waals surface area contributed by atoms with Gasteiger partial charge in [-0.25, -0.2) is 4.39 Å². The van der Waals surface area contributed by atoms with Crippen LogP contribution in [0.5, 0.6) is 0 Å². The van der Waals surface area contributed by atoms with Crippen LogP contribution < -0.4 is 0 Å². The molecule has 1 atom stereocenters. The van der Waals surface area contributed by atoms with E-state index in [1.807, 2.05) is 0 Å². The van der Waals surface area contributed by atoms with E-state index >= 15 is 0 Å². The molecule has 0 spiro atoms.